The Labute approximate surface area is 84.4 Å². The number of aromatic amines is 2. The summed E-state index contributed by atoms with van der Waals surface area (Å²) in [4.78, 5) is 6.65. The van der Waals surface area contributed by atoms with Crippen molar-refractivity contribution >= 4 is 0 Å². The Morgan fingerprint density at radius 1 is 1.07 bits per heavy atom. The monoisotopic (exact) mass is 188 g/mol. The van der Waals surface area contributed by atoms with E-state index in [2.05, 4.69) is 49.9 Å². The zero-order valence-electron chi connectivity index (χ0n) is 9.15. The van der Waals surface area contributed by atoms with Crippen molar-refractivity contribution in [3.05, 3.63) is 34.8 Å². The van der Waals surface area contributed by atoms with Gasteiger partial charge in [0.1, 0.15) is 0 Å². The van der Waals surface area contributed by atoms with Gasteiger partial charge in [0.15, 0.2) is 0 Å². The van der Waals surface area contributed by atoms with Crippen LogP contribution in [0.15, 0.2) is 12.3 Å². The predicted molar refractivity (Wildman–Crippen MR) is 59.5 cm³/mol. The molecule has 0 unspecified atom stereocenters. The van der Waals surface area contributed by atoms with Gasteiger partial charge in [0.25, 0.3) is 0 Å². The highest BCUT2D eigenvalue weighted by Crippen LogP contribution is 2.27. The van der Waals surface area contributed by atoms with Crippen molar-refractivity contribution in [2.75, 3.05) is 0 Å². The number of H-pyrrole nitrogens is 2. The molecule has 0 fully saturated rings. The molecule has 2 N–H and O–H groups in total. The van der Waals surface area contributed by atoms with E-state index in [0.717, 1.165) is 0 Å². The van der Waals surface area contributed by atoms with Crippen molar-refractivity contribution in [1.29, 1.82) is 0 Å². The highest BCUT2D eigenvalue weighted by atomic mass is 14.8. The molecule has 2 aromatic rings. The third-order valence-corrected chi connectivity index (χ3v) is 2.82. The van der Waals surface area contributed by atoms with Crippen molar-refractivity contribution in [1.82, 2.24) is 9.97 Å². The molecule has 2 heterocycles. The van der Waals surface area contributed by atoms with Crippen LogP contribution in [0, 0.1) is 27.7 Å². The first-order chi connectivity index (χ1) is 6.59. The Kier molecular flexibility index (Phi) is 1.99. The summed E-state index contributed by atoms with van der Waals surface area (Å²) in [6, 6.07) is 2.18. The number of nitrogens with one attached hydrogen (secondary N) is 2. The van der Waals surface area contributed by atoms with Gasteiger partial charge in [-0.15, -0.1) is 0 Å². The smallest absolute Gasteiger partial charge is 0.0503 e. The Balaban J connectivity index is 2.59. The van der Waals surface area contributed by atoms with Gasteiger partial charge in [-0.1, -0.05) is 0 Å². The molecule has 14 heavy (non-hydrogen) atoms. The molecule has 0 aliphatic heterocycles. The molecular formula is C12H16N2. The van der Waals surface area contributed by atoms with E-state index in [4.69, 9.17) is 0 Å². The zero-order chi connectivity index (χ0) is 10.3. The van der Waals surface area contributed by atoms with Gasteiger partial charge in [-0.2, -0.15) is 0 Å². The third-order valence-electron chi connectivity index (χ3n) is 2.82. The van der Waals surface area contributed by atoms with E-state index in [0.29, 0.717) is 0 Å². The van der Waals surface area contributed by atoms with Gasteiger partial charge in [-0.05, 0) is 44.9 Å². The number of aryl methyl sites for hydroxylation is 3. The molecule has 0 spiro atoms. The van der Waals surface area contributed by atoms with Crippen LogP contribution in [0.4, 0.5) is 0 Å². The van der Waals surface area contributed by atoms with Crippen molar-refractivity contribution < 1.29 is 0 Å². The van der Waals surface area contributed by atoms with E-state index >= 15 is 0 Å². The minimum Gasteiger partial charge on any atom is -0.364 e. The Hall–Kier alpha value is -1.44. The summed E-state index contributed by atoms with van der Waals surface area (Å²) < 4.78 is 0. The molecular weight excluding hydrogens is 172 g/mol. The second kappa shape index (κ2) is 3.05. The molecule has 0 aromatic carbocycles. The fourth-order valence-corrected chi connectivity index (χ4v) is 1.87. The molecule has 74 valence electrons. The maximum atomic E-state index is 3.39. The van der Waals surface area contributed by atoms with E-state index in [1.165, 1.54) is 33.8 Å². The highest BCUT2D eigenvalue weighted by Gasteiger charge is 2.10. The molecule has 0 bridgehead atoms. The molecule has 0 atom stereocenters. The van der Waals surface area contributed by atoms with Crippen molar-refractivity contribution in [3.63, 3.8) is 0 Å². The largest absolute Gasteiger partial charge is 0.364 e. The lowest BCUT2D eigenvalue weighted by molar-refractivity contribution is 1.23. The van der Waals surface area contributed by atoms with Gasteiger partial charge in [0.05, 0.1) is 5.69 Å². The number of hydrogen-bond donors (Lipinski definition) is 2. The maximum absolute atomic E-state index is 3.39. The maximum Gasteiger partial charge on any atom is 0.0503 e. The Morgan fingerprint density at radius 3 is 2.21 bits per heavy atom. The van der Waals surface area contributed by atoms with Gasteiger partial charge < -0.3 is 9.97 Å². The van der Waals surface area contributed by atoms with Crippen LogP contribution in [-0.2, 0) is 0 Å². The van der Waals surface area contributed by atoms with Gasteiger partial charge in [0, 0.05) is 23.1 Å². The van der Waals surface area contributed by atoms with Crippen molar-refractivity contribution in [3.8, 4) is 11.3 Å². The average Bonchev–Trinajstić information content (AvgIpc) is 2.59. The Morgan fingerprint density at radius 2 is 1.79 bits per heavy atom. The van der Waals surface area contributed by atoms with Gasteiger partial charge in [-0.25, -0.2) is 0 Å². The van der Waals surface area contributed by atoms with E-state index in [-0.39, 0.29) is 0 Å². The van der Waals surface area contributed by atoms with Crippen LogP contribution in [0.5, 0.6) is 0 Å². The first-order valence-electron chi connectivity index (χ1n) is 4.90. The average molecular weight is 188 g/mol. The summed E-state index contributed by atoms with van der Waals surface area (Å²) in [6.07, 6.45) is 2.07. The third kappa shape index (κ3) is 1.27. The fourth-order valence-electron chi connectivity index (χ4n) is 1.87. The summed E-state index contributed by atoms with van der Waals surface area (Å²) in [6.45, 7) is 8.48. The van der Waals surface area contributed by atoms with Crippen molar-refractivity contribution in [2.45, 2.75) is 27.7 Å². The van der Waals surface area contributed by atoms with E-state index in [1.807, 2.05) is 0 Å². The van der Waals surface area contributed by atoms with Gasteiger partial charge >= 0.3 is 0 Å². The standard InChI is InChI=1S/C12H16N2/c1-7-5-8(2)14-12(7)11-6-13-10(4)9(11)3/h5-6,13-14H,1-4H3. The fraction of sp³-hybridized carbons (Fsp3) is 0.333. The normalized spacial score (nSPS) is 10.9. The highest BCUT2D eigenvalue weighted by molar-refractivity contribution is 5.68. The van der Waals surface area contributed by atoms with Gasteiger partial charge in [0.2, 0.25) is 0 Å². The second-order valence-electron chi connectivity index (χ2n) is 3.96. The van der Waals surface area contributed by atoms with Crippen LogP contribution in [0.25, 0.3) is 11.3 Å². The number of rotatable bonds is 1. The molecule has 0 aliphatic rings. The molecule has 2 rings (SSSR count). The first kappa shape index (κ1) is 9.13. The molecule has 0 aliphatic carbocycles. The minimum absolute atomic E-state index is 1.22. The lowest BCUT2D eigenvalue weighted by Crippen LogP contribution is -1.81. The lowest BCUT2D eigenvalue weighted by atomic mass is 10.1. The summed E-state index contributed by atoms with van der Waals surface area (Å²) >= 11 is 0. The van der Waals surface area contributed by atoms with Crippen molar-refractivity contribution in [2.24, 2.45) is 0 Å². The van der Waals surface area contributed by atoms with E-state index in [1.54, 1.807) is 0 Å². The SMILES string of the molecule is Cc1cc(C)c(-c2c[nH]c(C)c2C)[nH]1. The second-order valence-corrected chi connectivity index (χ2v) is 3.96. The molecule has 2 nitrogen and oxygen atoms in total. The molecule has 0 saturated heterocycles. The zero-order valence-corrected chi connectivity index (χ0v) is 9.15. The van der Waals surface area contributed by atoms with Crippen LogP contribution in [0.2, 0.25) is 0 Å². The lowest BCUT2D eigenvalue weighted by Gasteiger charge is -1.99. The van der Waals surface area contributed by atoms with Gasteiger partial charge in [-0.3, -0.25) is 0 Å². The molecule has 0 radical (unpaired) electrons. The summed E-state index contributed by atoms with van der Waals surface area (Å²) in [5.41, 5.74) is 7.62. The van der Waals surface area contributed by atoms with Crippen LogP contribution in [0.3, 0.4) is 0 Å². The molecule has 2 aromatic heterocycles. The van der Waals surface area contributed by atoms with E-state index < -0.39 is 0 Å². The Bertz CT molecular complexity index is 461. The predicted octanol–water partition coefficient (Wildman–Crippen LogP) is 3.24. The molecule has 2 heteroatoms. The first-order valence-corrected chi connectivity index (χ1v) is 4.90. The number of aromatic nitrogens is 2. The minimum atomic E-state index is 1.22. The van der Waals surface area contributed by atoms with Crippen LogP contribution < -0.4 is 0 Å². The molecule has 0 saturated carbocycles. The van der Waals surface area contributed by atoms with Crippen LogP contribution >= 0.6 is 0 Å². The van der Waals surface area contributed by atoms with Crippen LogP contribution in [-0.4, -0.2) is 9.97 Å². The topological polar surface area (TPSA) is 31.6 Å². The molecule has 0 amide bonds. The summed E-state index contributed by atoms with van der Waals surface area (Å²) in [7, 11) is 0. The summed E-state index contributed by atoms with van der Waals surface area (Å²) in [5, 5.41) is 0. The quantitative estimate of drug-likeness (QED) is 0.688. The number of hydrogen-bond acceptors (Lipinski definition) is 0. The van der Waals surface area contributed by atoms with Crippen LogP contribution in [0.1, 0.15) is 22.5 Å². The summed E-state index contributed by atoms with van der Waals surface area (Å²) in [5.74, 6) is 0. The van der Waals surface area contributed by atoms with E-state index in [9.17, 15) is 0 Å².